The van der Waals surface area contributed by atoms with Gasteiger partial charge in [-0.15, -0.1) is 0 Å². The van der Waals surface area contributed by atoms with E-state index in [2.05, 4.69) is 5.32 Å². The summed E-state index contributed by atoms with van der Waals surface area (Å²) in [5, 5.41) is 23.4. The number of carbonyl (C=O) groups excluding carboxylic acids is 1. The average molecular weight is 481 g/mol. The molecule has 186 valence electrons. The number of allylic oxidation sites excluding steroid dienone is 2. The van der Waals surface area contributed by atoms with Crippen LogP contribution in [0.1, 0.15) is 57.1 Å². The van der Waals surface area contributed by atoms with Gasteiger partial charge in [-0.3, -0.25) is 4.79 Å². The lowest BCUT2D eigenvalue weighted by Gasteiger charge is -2.67. The number of phenols is 1. The molecular formula is C24H31F3N4O3. The van der Waals surface area contributed by atoms with Crippen molar-refractivity contribution in [2.45, 2.75) is 63.8 Å². The molecule has 4 aliphatic rings. The number of rotatable bonds is 5. The van der Waals surface area contributed by atoms with Crippen molar-refractivity contribution in [1.29, 1.82) is 0 Å². The number of phenolic OH excluding ortho intramolecular Hbond substituents is 1. The molecule has 10 heteroatoms. The summed E-state index contributed by atoms with van der Waals surface area (Å²) in [5.41, 5.74) is 11.8. The first-order valence-electron chi connectivity index (χ1n) is 11.4. The van der Waals surface area contributed by atoms with Crippen LogP contribution in [-0.4, -0.2) is 45.8 Å². The quantitative estimate of drug-likeness (QED) is 0.413. The first-order chi connectivity index (χ1) is 15.7. The van der Waals surface area contributed by atoms with E-state index in [1.807, 2.05) is 4.90 Å². The van der Waals surface area contributed by atoms with E-state index < -0.39 is 23.1 Å². The van der Waals surface area contributed by atoms with Crippen molar-refractivity contribution in [3.8, 4) is 5.75 Å². The second kappa shape index (κ2) is 8.11. The van der Waals surface area contributed by atoms with Gasteiger partial charge in [-0.25, -0.2) is 0 Å². The molecule has 5 rings (SSSR count). The molecule has 1 amide bonds. The van der Waals surface area contributed by atoms with Gasteiger partial charge in [-0.2, -0.15) is 13.2 Å². The normalized spacial score (nSPS) is 29.9. The van der Waals surface area contributed by atoms with Gasteiger partial charge < -0.3 is 31.9 Å². The van der Waals surface area contributed by atoms with Gasteiger partial charge in [0.1, 0.15) is 5.75 Å². The second-order valence-electron chi connectivity index (χ2n) is 10.1. The van der Waals surface area contributed by atoms with Crippen molar-refractivity contribution in [3.63, 3.8) is 0 Å². The lowest BCUT2D eigenvalue weighted by atomic mass is 9.41. The number of alkyl halides is 3. The first kappa shape index (κ1) is 24.3. The fourth-order valence-corrected chi connectivity index (χ4v) is 5.45. The zero-order valence-electron chi connectivity index (χ0n) is 19.3. The molecule has 1 aliphatic heterocycles. The molecule has 1 saturated heterocycles. The number of hydrogen-bond acceptors (Lipinski definition) is 6. The van der Waals surface area contributed by atoms with Gasteiger partial charge in [0.25, 0.3) is 0 Å². The summed E-state index contributed by atoms with van der Waals surface area (Å²) in [4.78, 5) is 14.8. The molecule has 3 saturated carbocycles. The van der Waals surface area contributed by atoms with Gasteiger partial charge >= 0.3 is 6.18 Å². The Morgan fingerprint density at radius 2 is 1.82 bits per heavy atom. The number of aromatic hydroxyl groups is 1. The third-order valence-corrected chi connectivity index (χ3v) is 7.51. The summed E-state index contributed by atoms with van der Waals surface area (Å²) >= 11 is 0. The van der Waals surface area contributed by atoms with Crippen LogP contribution < -0.4 is 16.8 Å². The Morgan fingerprint density at radius 1 is 1.18 bits per heavy atom. The van der Waals surface area contributed by atoms with Crippen LogP contribution in [0.25, 0.3) is 5.70 Å². The van der Waals surface area contributed by atoms with E-state index in [-0.39, 0.29) is 28.6 Å². The highest BCUT2D eigenvalue weighted by Crippen LogP contribution is 2.67. The highest BCUT2D eigenvalue weighted by Gasteiger charge is 2.71. The Labute approximate surface area is 196 Å². The molecule has 1 aromatic rings. The molecule has 3 aliphatic carbocycles. The van der Waals surface area contributed by atoms with Crippen molar-refractivity contribution in [2.24, 2.45) is 16.9 Å². The van der Waals surface area contributed by atoms with Gasteiger partial charge in [-0.05, 0) is 75.3 Å². The van der Waals surface area contributed by atoms with E-state index in [1.54, 1.807) is 13.8 Å². The fourth-order valence-electron chi connectivity index (χ4n) is 5.45. The Bertz CT molecular complexity index is 1060. The minimum absolute atomic E-state index is 0.0587. The van der Waals surface area contributed by atoms with Crippen molar-refractivity contribution < 1.29 is 28.2 Å². The first-order valence-corrected chi connectivity index (χ1v) is 11.4. The monoisotopic (exact) mass is 480 g/mol. The standard InChI is InChI=1S/C24H31F3N4O3/c1-13(19(28)17-6-5-15(8-18(17)32)24(25,26)27)14(2)20(29)30-16-4-3-7-31(9-16)21(33)22-10-23(34,11-22)12-22/h5-6,8,16,30,32,34H,3-4,7,9-12,28-29H2,1-2H3/b19-13-,20-14+. The summed E-state index contributed by atoms with van der Waals surface area (Å²) < 4.78 is 38.6. The molecule has 0 spiro atoms. The number of hydrogen-bond donors (Lipinski definition) is 5. The third kappa shape index (κ3) is 4.19. The van der Waals surface area contributed by atoms with Gasteiger partial charge in [0, 0.05) is 30.4 Å². The number of nitrogens with zero attached hydrogens (tertiary/aromatic N) is 1. The summed E-state index contributed by atoms with van der Waals surface area (Å²) in [6, 6.07) is 2.60. The van der Waals surface area contributed by atoms with Crippen LogP contribution in [0.4, 0.5) is 13.2 Å². The Hall–Kier alpha value is -2.88. The van der Waals surface area contributed by atoms with Gasteiger partial charge in [0.2, 0.25) is 5.91 Å². The van der Waals surface area contributed by atoms with Crippen LogP contribution in [0.2, 0.25) is 0 Å². The SMILES string of the molecule is CC(=C(/N)c1ccc(C(F)(F)F)cc1O)/C(C)=C(\N)NC1CCCN(C(=O)C23CC(O)(C2)C3)C1. The van der Waals surface area contributed by atoms with Crippen LogP contribution in [0.3, 0.4) is 0 Å². The molecule has 1 aromatic carbocycles. The Balaban J connectivity index is 1.45. The number of halogens is 3. The number of nitrogens with two attached hydrogens (primary N) is 2. The van der Waals surface area contributed by atoms with E-state index >= 15 is 0 Å². The minimum Gasteiger partial charge on any atom is -0.507 e. The van der Waals surface area contributed by atoms with Crippen molar-refractivity contribution in [3.05, 3.63) is 46.3 Å². The van der Waals surface area contributed by atoms with E-state index in [0.717, 1.165) is 25.0 Å². The van der Waals surface area contributed by atoms with Crippen LogP contribution >= 0.6 is 0 Å². The number of likely N-dealkylation sites (tertiary alicyclic amines) is 1. The fraction of sp³-hybridized carbons (Fsp3) is 0.542. The lowest BCUT2D eigenvalue weighted by Crippen LogP contribution is -2.73. The Kier molecular flexibility index (Phi) is 5.78. The van der Waals surface area contributed by atoms with Gasteiger partial charge in [0.15, 0.2) is 0 Å². The average Bonchev–Trinajstić information content (AvgIpc) is 2.73. The van der Waals surface area contributed by atoms with E-state index in [4.69, 9.17) is 11.5 Å². The van der Waals surface area contributed by atoms with Crippen molar-refractivity contribution in [2.75, 3.05) is 13.1 Å². The highest BCUT2D eigenvalue weighted by atomic mass is 19.4. The molecule has 34 heavy (non-hydrogen) atoms. The number of aliphatic hydroxyl groups is 1. The second-order valence-corrected chi connectivity index (χ2v) is 10.1. The highest BCUT2D eigenvalue weighted by molar-refractivity contribution is 5.87. The van der Waals surface area contributed by atoms with E-state index in [1.165, 1.54) is 0 Å². The smallest absolute Gasteiger partial charge is 0.416 e. The third-order valence-electron chi connectivity index (χ3n) is 7.51. The summed E-state index contributed by atoms with van der Waals surface area (Å²) in [7, 11) is 0. The maximum atomic E-state index is 12.9. The topological polar surface area (TPSA) is 125 Å². The van der Waals surface area contributed by atoms with Crippen molar-refractivity contribution in [1.82, 2.24) is 10.2 Å². The number of amides is 1. The van der Waals surface area contributed by atoms with Crippen LogP contribution in [0.5, 0.6) is 5.75 Å². The van der Waals surface area contributed by atoms with Crippen LogP contribution in [-0.2, 0) is 11.0 Å². The molecule has 7 N–H and O–H groups in total. The molecule has 0 aromatic heterocycles. The van der Waals surface area contributed by atoms with Crippen molar-refractivity contribution >= 4 is 11.6 Å². The number of benzene rings is 1. The maximum Gasteiger partial charge on any atom is 0.416 e. The number of carbonyl (C=O) groups is 1. The lowest BCUT2D eigenvalue weighted by molar-refractivity contribution is -0.256. The molecular weight excluding hydrogens is 449 g/mol. The molecule has 4 fully saturated rings. The molecule has 0 radical (unpaired) electrons. The number of nitrogens with one attached hydrogen (secondary N) is 1. The zero-order chi connectivity index (χ0) is 25.1. The van der Waals surface area contributed by atoms with E-state index in [0.29, 0.717) is 55.4 Å². The van der Waals surface area contributed by atoms with E-state index in [9.17, 15) is 28.2 Å². The maximum absolute atomic E-state index is 12.9. The summed E-state index contributed by atoms with van der Waals surface area (Å²) in [5.74, 6) is -0.107. The Morgan fingerprint density at radius 3 is 2.38 bits per heavy atom. The minimum atomic E-state index is -4.57. The number of piperidine rings is 1. The molecule has 1 heterocycles. The molecule has 7 nitrogen and oxygen atoms in total. The molecule has 1 unspecified atom stereocenters. The van der Waals surface area contributed by atoms with Gasteiger partial charge in [0.05, 0.1) is 22.4 Å². The summed E-state index contributed by atoms with van der Waals surface area (Å²) in [6.07, 6.45) is -1.27. The zero-order valence-corrected chi connectivity index (χ0v) is 19.3. The molecule has 2 bridgehead atoms. The van der Waals surface area contributed by atoms with Crippen LogP contribution in [0, 0.1) is 5.41 Å². The largest absolute Gasteiger partial charge is 0.507 e. The van der Waals surface area contributed by atoms with Gasteiger partial charge in [-0.1, -0.05) is 0 Å². The molecule has 1 atom stereocenters. The summed E-state index contributed by atoms with van der Waals surface area (Å²) in [6.45, 7) is 4.60. The van der Waals surface area contributed by atoms with Crippen LogP contribution in [0.15, 0.2) is 35.2 Å². The predicted molar refractivity (Wildman–Crippen MR) is 121 cm³/mol. The predicted octanol–water partition coefficient (Wildman–Crippen LogP) is 2.79.